The molecule has 5 rings (SSSR count). The van der Waals surface area contributed by atoms with Crippen LogP contribution >= 0.6 is 0 Å². The zero-order chi connectivity index (χ0) is 22.7. The Bertz CT molecular complexity index is 1090. The second-order valence-electron chi connectivity index (χ2n) is 8.63. The van der Waals surface area contributed by atoms with Crippen LogP contribution in [0.4, 0.5) is 0 Å². The van der Waals surface area contributed by atoms with Crippen LogP contribution in [-0.4, -0.2) is 64.6 Å². The fourth-order valence-electron chi connectivity index (χ4n) is 5.05. The van der Waals surface area contributed by atoms with E-state index in [1.54, 1.807) is 19.5 Å². The Kier molecular flexibility index (Phi) is 6.07. The van der Waals surface area contributed by atoms with E-state index in [9.17, 15) is 4.79 Å². The molecule has 0 N–H and O–H groups in total. The molecule has 4 heterocycles. The maximum Gasteiger partial charge on any atom is 0.257 e. The van der Waals surface area contributed by atoms with Crippen molar-refractivity contribution in [2.75, 3.05) is 33.4 Å². The number of carbonyl (C=O) groups excluding carboxylic acids is 1. The van der Waals surface area contributed by atoms with E-state index in [0.717, 1.165) is 16.7 Å². The van der Waals surface area contributed by atoms with Crippen molar-refractivity contribution in [1.29, 1.82) is 0 Å². The van der Waals surface area contributed by atoms with Gasteiger partial charge < -0.3 is 14.4 Å². The van der Waals surface area contributed by atoms with Crippen molar-refractivity contribution in [2.45, 2.75) is 24.6 Å². The van der Waals surface area contributed by atoms with Gasteiger partial charge in [0.2, 0.25) is 5.88 Å². The Labute approximate surface area is 194 Å². The van der Waals surface area contributed by atoms with Crippen molar-refractivity contribution in [1.82, 2.24) is 19.8 Å². The van der Waals surface area contributed by atoms with E-state index >= 15 is 0 Å². The van der Waals surface area contributed by atoms with Gasteiger partial charge in [0.25, 0.3) is 5.91 Å². The molecule has 0 bridgehead atoms. The van der Waals surface area contributed by atoms with Gasteiger partial charge >= 0.3 is 0 Å². The minimum Gasteiger partial charge on any atom is -0.481 e. The van der Waals surface area contributed by atoms with Crippen molar-refractivity contribution < 1.29 is 14.3 Å². The van der Waals surface area contributed by atoms with Crippen LogP contribution in [0.2, 0.25) is 0 Å². The van der Waals surface area contributed by atoms with Gasteiger partial charge in [-0.05, 0) is 23.3 Å². The normalized spacial score (nSPS) is 23.2. The Morgan fingerprint density at radius 1 is 1.09 bits per heavy atom. The third-order valence-corrected chi connectivity index (χ3v) is 6.57. The summed E-state index contributed by atoms with van der Waals surface area (Å²) in [5.74, 6) is 0.546. The largest absolute Gasteiger partial charge is 0.481 e. The number of nitrogens with zero attached hydrogens (tertiary/aromatic N) is 4. The maximum atomic E-state index is 14.0. The van der Waals surface area contributed by atoms with Crippen LogP contribution in [0, 0.1) is 0 Å². The standard InChI is InChI=1S/C26H28N4O3/c1-32-24-22(10-6-12-28-24)17-29-18-23(21-9-5-11-27-15-21)26(19-29)25(31)30(13-14-33-26)16-20-7-3-2-4-8-20/h2-12,15,23H,13-14,16-19H2,1H3/t23-,26-/m0/s1. The van der Waals surface area contributed by atoms with E-state index in [0.29, 0.717) is 45.2 Å². The first-order valence-electron chi connectivity index (χ1n) is 11.3. The van der Waals surface area contributed by atoms with Gasteiger partial charge in [-0.2, -0.15) is 0 Å². The van der Waals surface area contributed by atoms with E-state index in [4.69, 9.17) is 9.47 Å². The Morgan fingerprint density at radius 2 is 1.94 bits per heavy atom. The smallest absolute Gasteiger partial charge is 0.257 e. The molecule has 1 aromatic carbocycles. The Balaban J connectivity index is 1.45. The first-order valence-corrected chi connectivity index (χ1v) is 11.3. The number of benzene rings is 1. The summed E-state index contributed by atoms with van der Waals surface area (Å²) >= 11 is 0. The topological polar surface area (TPSA) is 67.8 Å². The maximum absolute atomic E-state index is 14.0. The predicted octanol–water partition coefficient (Wildman–Crippen LogP) is 2.88. The monoisotopic (exact) mass is 444 g/mol. The van der Waals surface area contributed by atoms with Crippen LogP contribution in [0.5, 0.6) is 5.88 Å². The summed E-state index contributed by atoms with van der Waals surface area (Å²) in [6.45, 7) is 3.51. The van der Waals surface area contributed by atoms with Gasteiger partial charge in [-0.3, -0.25) is 14.7 Å². The average molecular weight is 445 g/mol. The molecule has 7 nitrogen and oxygen atoms in total. The van der Waals surface area contributed by atoms with Crippen LogP contribution in [0.3, 0.4) is 0 Å². The van der Waals surface area contributed by atoms with Gasteiger partial charge in [-0.15, -0.1) is 0 Å². The lowest BCUT2D eigenvalue weighted by molar-refractivity contribution is -0.173. The molecule has 170 valence electrons. The molecule has 33 heavy (non-hydrogen) atoms. The minimum absolute atomic E-state index is 0.0482. The molecule has 0 aliphatic carbocycles. The third-order valence-electron chi connectivity index (χ3n) is 6.57. The molecule has 7 heteroatoms. The van der Waals surface area contributed by atoms with Crippen molar-refractivity contribution in [3.63, 3.8) is 0 Å². The molecule has 2 aliphatic heterocycles. The Morgan fingerprint density at radius 3 is 2.73 bits per heavy atom. The van der Waals surface area contributed by atoms with Gasteiger partial charge in [0.05, 0.1) is 13.7 Å². The fraction of sp³-hybridized carbons (Fsp3) is 0.346. The molecule has 0 saturated carbocycles. The summed E-state index contributed by atoms with van der Waals surface area (Å²) in [6, 6.07) is 18.0. The van der Waals surface area contributed by atoms with Crippen LogP contribution in [-0.2, 0) is 22.6 Å². The summed E-state index contributed by atoms with van der Waals surface area (Å²) < 4.78 is 11.8. The molecule has 3 aromatic rings. The summed E-state index contributed by atoms with van der Waals surface area (Å²) in [6.07, 6.45) is 5.34. The molecule has 2 atom stereocenters. The number of rotatable bonds is 6. The fourth-order valence-corrected chi connectivity index (χ4v) is 5.05. The van der Waals surface area contributed by atoms with Crippen LogP contribution in [0.25, 0.3) is 0 Å². The molecular formula is C26H28N4O3. The summed E-state index contributed by atoms with van der Waals surface area (Å²) in [4.78, 5) is 26.8. The lowest BCUT2D eigenvalue weighted by Crippen LogP contribution is -2.59. The quantitative estimate of drug-likeness (QED) is 0.583. The van der Waals surface area contributed by atoms with Gasteiger partial charge in [0, 0.05) is 62.8 Å². The van der Waals surface area contributed by atoms with E-state index < -0.39 is 5.60 Å². The molecular weight excluding hydrogens is 416 g/mol. The molecule has 1 amide bonds. The summed E-state index contributed by atoms with van der Waals surface area (Å²) in [7, 11) is 1.63. The number of hydrogen-bond acceptors (Lipinski definition) is 6. The van der Waals surface area contributed by atoms with Crippen molar-refractivity contribution >= 4 is 5.91 Å². The minimum atomic E-state index is -0.939. The zero-order valence-corrected chi connectivity index (χ0v) is 18.8. The number of ether oxygens (including phenoxy) is 2. The van der Waals surface area contributed by atoms with E-state index in [1.807, 2.05) is 53.6 Å². The molecule has 0 unspecified atom stereocenters. The highest BCUT2D eigenvalue weighted by atomic mass is 16.5. The lowest BCUT2D eigenvalue weighted by Gasteiger charge is -2.42. The number of carbonyl (C=O) groups is 1. The highest BCUT2D eigenvalue weighted by Crippen LogP contribution is 2.42. The first kappa shape index (κ1) is 21.6. The lowest BCUT2D eigenvalue weighted by atomic mass is 9.83. The molecule has 2 fully saturated rings. The van der Waals surface area contributed by atoms with Crippen LogP contribution < -0.4 is 4.74 Å². The second kappa shape index (κ2) is 9.29. The van der Waals surface area contributed by atoms with Crippen LogP contribution in [0.15, 0.2) is 73.2 Å². The predicted molar refractivity (Wildman–Crippen MR) is 124 cm³/mol. The number of methoxy groups -OCH3 is 1. The van der Waals surface area contributed by atoms with Gasteiger partial charge in [0.15, 0.2) is 5.60 Å². The van der Waals surface area contributed by atoms with Gasteiger partial charge in [-0.1, -0.05) is 42.5 Å². The van der Waals surface area contributed by atoms with Crippen molar-refractivity contribution in [3.05, 3.63) is 89.9 Å². The Hall–Kier alpha value is -3.29. The number of morpholine rings is 1. The molecule has 1 spiro atoms. The number of pyridine rings is 2. The molecule has 2 saturated heterocycles. The summed E-state index contributed by atoms with van der Waals surface area (Å²) in [5, 5.41) is 0. The van der Waals surface area contributed by atoms with Gasteiger partial charge in [-0.25, -0.2) is 4.98 Å². The second-order valence-corrected chi connectivity index (χ2v) is 8.63. The zero-order valence-electron chi connectivity index (χ0n) is 18.8. The number of aromatic nitrogens is 2. The van der Waals surface area contributed by atoms with Crippen molar-refractivity contribution in [3.8, 4) is 5.88 Å². The number of amides is 1. The number of likely N-dealkylation sites (tertiary alicyclic amines) is 1. The molecule has 0 radical (unpaired) electrons. The van der Waals surface area contributed by atoms with E-state index in [-0.39, 0.29) is 11.8 Å². The average Bonchev–Trinajstić information content (AvgIpc) is 3.22. The first-order chi connectivity index (χ1) is 16.2. The van der Waals surface area contributed by atoms with E-state index in [2.05, 4.69) is 27.0 Å². The highest BCUT2D eigenvalue weighted by Gasteiger charge is 2.57. The van der Waals surface area contributed by atoms with Crippen LogP contribution in [0.1, 0.15) is 22.6 Å². The summed E-state index contributed by atoms with van der Waals surface area (Å²) in [5.41, 5.74) is 2.20. The number of hydrogen-bond donors (Lipinski definition) is 0. The third kappa shape index (κ3) is 4.21. The highest BCUT2D eigenvalue weighted by molar-refractivity contribution is 5.88. The SMILES string of the molecule is COc1ncccc1CN1C[C@@H](c2cccnc2)[C@]2(C1)OCCN(Cc1ccccc1)C2=O. The molecule has 2 aromatic heterocycles. The van der Waals surface area contributed by atoms with E-state index in [1.165, 1.54) is 0 Å². The van der Waals surface area contributed by atoms with Crippen molar-refractivity contribution in [2.24, 2.45) is 0 Å². The molecule has 2 aliphatic rings. The van der Waals surface area contributed by atoms with Gasteiger partial charge in [0.1, 0.15) is 0 Å².